The fraction of sp³-hybridized carbons (Fsp3) is 0.429. The molecule has 4 heteroatoms. The summed E-state index contributed by atoms with van der Waals surface area (Å²) in [4.78, 5) is 0. The van der Waals surface area contributed by atoms with Gasteiger partial charge in [0.25, 0.3) is 0 Å². The lowest BCUT2D eigenvalue weighted by molar-refractivity contribution is 0.122. The maximum absolute atomic E-state index is 9.52. The normalized spacial score (nSPS) is 19.2. The van der Waals surface area contributed by atoms with Gasteiger partial charge in [-0.1, -0.05) is 12.1 Å². The third-order valence-corrected chi connectivity index (χ3v) is 3.14. The van der Waals surface area contributed by atoms with E-state index in [1.54, 1.807) is 18.2 Å². The van der Waals surface area contributed by atoms with Crippen LogP contribution < -0.4 is 0 Å². The van der Waals surface area contributed by atoms with Crippen molar-refractivity contribution in [1.82, 2.24) is 5.01 Å². The van der Waals surface area contributed by atoms with Crippen molar-refractivity contribution in [2.75, 3.05) is 0 Å². The van der Waals surface area contributed by atoms with Gasteiger partial charge in [0.2, 0.25) is 0 Å². The summed E-state index contributed by atoms with van der Waals surface area (Å²) in [5, 5.41) is 25.2. The second-order valence-electron chi connectivity index (χ2n) is 5.30. The van der Waals surface area contributed by atoms with Gasteiger partial charge in [0, 0.05) is 12.1 Å². The average molecular weight is 243 g/mol. The minimum atomic E-state index is -0.468. The van der Waals surface area contributed by atoms with Gasteiger partial charge in [-0.2, -0.15) is 10.4 Å². The van der Waals surface area contributed by atoms with E-state index in [9.17, 15) is 10.4 Å². The van der Waals surface area contributed by atoms with Crippen LogP contribution in [0.5, 0.6) is 5.75 Å². The first-order valence-electron chi connectivity index (χ1n) is 5.96. The Kier molecular flexibility index (Phi) is 3.00. The standard InChI is InChI=1S/C14H17N3O/c1-10-8-14(2,3)17(16-10)13(9-15)11-5-4-6-12(18)7-11/h4-7,13,18H,8H2,1-3H3. The Morgan fingerprint density at radius 2 is 2.22 bits per heavy atom. The number of hydrazone groups is 1. The van der Waals surface area contributed by atoms with Crippen molar-refractivity contribution in [3.05, 3.63) is 29.8 Å². The molecule has 0 amide bonds. The van der Waals surface area contributed by atoms with Crippen LogP contribution >= 0.6 is 0 Å². The van der Waals surface area contributed by atoms with E-state index < -0.39 is 6.04 Å². The van der Waals surface area contributed by atoms with Gasteiger partial charge in [0.05, 0.1) is 11.6 Å². The number of rotatable bonds is 2. The predicted octanol–water partition coefficient (Wildman–Crippen LogP) is 2.82. The average Bonchev–Trinajstić information content (AvgIpc) is 2.53. The van der Waals surface area contributed by atoms with E-state index in [1.165, 1.54) is 0 Å². The van der Waals surface area contributed by atoms with E-state index in [1.807, 2.05) is 18.0 Å². The lowest BCUT2D eigenvalue weighted by Gasteiger charge is -2.34. The van der Waals surface area contributed by atoms with Gasteiger partial charge in [-0.3, -0.25) is 5.01 Å². The van der Waals surface area contributed by atoms with E-state index in [0.29, 0.717) is 0 Å². The highest BCUT2D eigenvalue weighted by Gasteiger charge is 2.37. The maximum Gasteiger partial charge on any atom is 0.159 e. The minimum absolute atomic E-state index is 0.171. The molecule has 1 N–H and O–H groups in total. The van der Waals surface area contributed by atoms with Crippen LogP contribution in [0.1, 0.15) is 38.8 Å². The number of hydrogen-bond donors (Lipinski definition) is 1. The molecule has 0 fully saturated rings. The number of hydrogen-bond acceptors (Lipinski definition) is 4. The first-order chi connectivity index (χ1) is 8.44. The van der Waals surface area contributed by atoms with Crippen molar-refractivity contribution in [2.24, 2.45) is 5.10 Å². The van der Waals surface area contributed by atoms with Gasteiger partial charge in [0.15, 0.2) is 6.04 Å². The van der Waals surface area contributed by atoms with E-state index in [2.05, 4.69) is 25.0 Å². The van der Waals surface area contributed by atoms with Crippen LogP contribution in [0.15, 0.2) is 29.4 Å². The van der Waals surface area contributed by atoms with Crippen LogP contribution in [0.4, 0.5) is 0 Å². The predicted molar refractivity (Wildman–Crippen MR) is 70.1 cm³/mol. The third-order valence-electron chi connectivity index (χ3n) is 3.14. The Labute approximate surface area is 107 Å². The summed E-state index contributed by atoms with van der Waals surface area (Å²) in [5.74, 6) is 0.172. The zero-order valence-corrected chi connectivity index (χ0v) is 10.9. The molecule has 2 rings (SSSR count). The van der Waals surface area contributed by atoms with E-state index in [-0.39, 0.29) is 11.3 Å². The molecule has 1 aromatic rings. The second kappa shape index (κ2) is 4.34. The van der Waals surface area contributed by atoms with Crippen LogP contribution in [0.25, 0.3) is 0 Å². The molecule has 1 unspecified atom stereocenters. The SMILES string of the molecule is CC1=NN(C(C#N)c2cccc(O)c2)C(C)(C)C1. The van der Waals surface area contributed by atoms with Gasteiger partial charge >= 0.3 is 0 Å². The summed E-state index contributed by atoms with van der Waals surface area (Å²) < 4.78 is 0. The molecule has 0 saturated heterocycles. The number of benzene rings is 1. The Morgan fingerprint density at radius 1 is 1.50 bits per heavy atom. The summed E-state index contributed by atoms with van der Waals surface area (Å²) in [6.07, 6.45) is 0.851. The lowest BCUT2D eigenvalue weighted by Crippen LogP contribution is -2.38. The molecule has 4 nitrogen and oxygen atoms in total. The smallest absolute Gasteiger partial charge is 0.159 e. The molecule has 1 heterocycles. The first-order valence-corrected chi connectivity index (χ1v) is 5.96. The highest BCUT2D eigenvalue weighted by molar-refractivity contribution is 5.84. The minimum Gasteiger partial charge on any atom is -0.508 e. The van der Waals surface area contributed by atoms with Gasteiger partial charge in [0.1, 0.15) is 5.75 Å². The monoisotopic (exact) mass is 243 g/mol. The van der Waals surface area contributed by atoms with E-state index in [4.69, 9.17) is 0 Å². The van der Waals surface area contributed by atoms with Gasteiger partial charge in [-0.05, 0) is 38.5 Å². The van der Waals surface area contributed by atoms with Gasteiger partial charge < -0.3 is 5.11 Å². The summed E-state index contributed by atoms with van der Waals surface area (Å²) in [6, 6.07) is 8.61. The molecule has 0 bridgehead atoms. The molecular formula is C14H17N3O. The Bertz CT molecular complexity index is 528. The molecule has 0 saturated carbocycles. The molecule has 18 heavy (non-hydrogen) atoms. The highest BCUT2D eigenvalue weighted by atomic mass is 16.3. The summed E-state index contributed by atoms with van der Waals surface area (Å²) in [5.41, 5.74) is 1.63. The highest BCUT2D eigenvalue weighted by Crippen LogP contribution is 2.35. The van der Waals surface area contributed by atoms with Crippen LogP contribution in [-0.4, -0.2) is 21.4 Å². The van der Waals surface area contributed by atoms with E-state index >= 15 is 0 Å². The van der Waals surface area contributed by atoms with Crippen LogP contribution in [0, 0.1) is 11.3 Å². The molecule has 0 aliphatic carbocycles. The molecule has 0 spiro atoms. The number of nitrogens with zero attached hydrogens (tertiary/aromatic N) is 3. The van der Waals surface area contributed by atoms with Crippen molar-refractivity contribution in [1.29, 1.82) is 5.26 Å². The van der Waals surface area contributed by atoms with Crippen LogP contribution in [-0.2, 0) is 0 Å². The zero-order valence-electron chi connectivity index (χ0n) is 10.9. The van der Waals surface area contributed by atoms with Crippen LogP contribution in [0.2, 0.25) is 0 Å². The summed E-state index contributed by atoms with van der Waals surface area (Å²) >= 11 is 0. The van der Waals surface area contributed by atoms with Crippen molar-refractivity contribution in [2.45, 2.75) is 38.8 Å². The van der Waals surface area contributed by atoms with Crippen molar-refractivity contribution in [3.8, 4) is 11.8 Å². The fourth-order valence-electron chi connectivity index (χ4n) is 2.43. The van der Waals surface area contributed by atoms with Crippen molar-refractivity contribution >= 4 is 5.71 Å². The van der Waals surface area contributed by atoms with Gasteiger partial charge in [-0.15, -0.1) is 0 Å². The quantitative estimate of drug-likeness (QED) is 0.868. The number of phenolic OH excluding ortho intramolecular Hbond substituents is 1. The van der Waals surface area contributed by atoms with Crippen LogP contribution in [0.3, 0.4) is 0 Å². The number of phenols is 1. The molecule has 1 aliphatic heterocycles. The summed E-state index contributed by atoms with van der Waals surface area (Å²) in [7, 11) is 0. The molecule has 1 atom stereocenters. The van der Waals surface area contributed by atoms with Gasteiger partial charge in [-0.25, -0.2) is 0 Å². The molecule has 0 radical (unpaired) electrons. The Morgan fingerprint density at radius 3 is 2.72 bits per heavy atom. The van der Waals surface area contributed by atoms with Crippen molar-refractivity contribution < 1.29 is 5.11 Å². The summed E-state index contributed by atoms with van der Waals surface area (Å²) in [6.45, 7) is 6.11. The lowest BCUT2D eigenvalue weighted by atomic mass is 9.96. The number of nitriles is 1. The fourth-order valence-corrected chi connectivity index (χ4v) is 2.43. The molecular weight excluding hydrogens is 226 g/mol. The van der Waals surface area contributed by atoms with E-state index in [0.717, 1.165) is 17.7 Å². The molecule has 0 aromatic heterocycles. The molecule has 94 valence electrons. The Hall–Kier alpha value is -2.02. The topological polar surface area (TPSA) is 59.6 Å². The Balaban J connectivity index is 2.39. The molecule has 1 aromatic carbocycles. The largest absolute Gasteiger partial charge is 0.508 e. The zero-order chi connectivity index (χ0) is 13.3. The molecule has 1 aliphatic rings. The number of aromatic hydroxyl groups is 1. The maximum atomic E-state index is 9.52. The second-order valence-corrected chi connectivity index (χ2v) is 5.30. The third kappa shape index (κ3) is 2.17. The van der Waals surface area contributed by atoms with Crippen molar-refractivity contribution in [3.63, 3.8) is 0 Å². The first kappa shape index (κ1) is 12.4.